The minimum atomic E-state index is -0.940. The molecule has 0 saturated heterocycles. The zero-order valence-electron chi connectivity index (χ0n) is 6.72. The molecule has 1 heterocycles. The summed E-state index contributed by atoms with van der Waals surface area (Å²) in [6.45, 7) is -0.355. The fraction of sp³-hybridized carbons (Fsp3) is 0.429. The van der Waals surface area contributed by atoms with E-state index in [9.17, 15) is 4.79 Å². The summed E-state index contributed by atoms with van der Waals surface area (Å²) >= 11 is 1.98. The monoisotopic (exact) mass is 296 g/mol. The van der Waals surface area contributed by atoms with Crippen molar-refractivity contribution in [2.45, 2.75) is 12.6 Å². The van der Waals surface area contributed by atoms with E-state index >= 15 is 0 Å². The largest absolute Gasteiger partial charge is 0.394 e. The molecule has 72 valence electrons. The van der Waals surface area contributed by atoms with Crippen LogP contribution in [-0.2, 0) is 6.54 Å². The van der Waals surface area contributed by atoms with Gasteiger partial charge in [0.05, 0.1) is 25.5 Å². The summed E-state index contributed by atoms with van der Waals surface area (Å²) in [5, 5.41) is 21.4. The molecule has 1 aromatic rings. The van der Waals surface area contributed by atoms with Crippen LogP contribution in [-0.4, -0.2) is 32.7 Å². The maximum absolute atomic E-state index is 11.2. The van der Waals surface area contributed by atoms with Crippen molar-refractivity contribution in [3.8, 4) is 0 Å². The Bertz CT molecular complexity index is 339. The molecule has 0 amide bonds. The predicted molar refractivity (Wildman–Crippen MR) is 54.3 cm³/mol. The number of aromatic nitrogens is 2. The molecule has 0 aliphatic carbocycles. The highest BCUT2D eigenvalue weighted by atomic mass is 127. The Morgan fingerprint density at radius 3 is 2.92 bits per heavy atom. The van der Waals surface area contributed by atoms with Crippen molar-refractivity contribution in [1.82, 2.24) is 9.78 Å². The molecule has 0 aromatic carbocycles. The second kappa shape index (κ2) is 4.68. The average Bonchev–Trinajstić information content (AvgIpc) is 2.09. The lowest BCUT2D eigenvalue weighted by Crippen LogP contribution is -2.30. The second-order valence-corrected chi connectivity index (χ2v) is 3.78. The Kier molecular flexibility index (Phi) is 3.82. The Hall–Kier alpha value is -0.470. The van der Waals surface area contributed by atoms with Gasteiger partial charge in [0.2, 0.25) is 0 Å². The first-order valence-electron chi connectivity index (χ1n) is 3.65. The first kappa shape index (κ1) is 10.6. The van der Waals surface area contributed by atoms with Gasteiger partial charge in [0.15, 0.2) is 0 Å². The van der Waals surface area contributed by atoms with Crippen LogP contribution in [0.5, 0.6) is 0 Å². The molecule has 1 atom stereocenters. The normalized spacial score (nSPS) is 12.8. The van der Waals surface area contributed by atoms with Crippen molar-refractivity contribution in [1.29, 1.82) is 0 Å². The molecule has 1 unspecified atom stereocenters. The molecule has 0 saturated carbocycles. The minimum Gasteiger partial charge on any atom is -0.394 e. The molecule has 1 aromatic heterocycles. The summed E-state index contributed by atoms with van der Waals surface area (Å²) in [6.07, 6.45) is 0.580. The highest BCUT2D eigenvalue weighted by molar-refractivity contribution is 14.1. The van der Waals surface area contributed by atoms with Crippen molar-refractivity contribution in [3.63, 3.8) is 0 Å². The summed E-state index contributed by atoms with van der Waals surface area (Å²) < 4.78 is 1.86. The summed E-state index contributed by atoms with van der Waals surface area (Å²) in [5.41, 5.74) is -0.278. The third-order valence-corrected chi connectivity index (χ3v) is 2.02. The van der Waals surface area contributed by atoms with E-state index in [2.05, 4.69) is 5.10 Å². The zero-order chi connectivity index (χ0) is 9.84. The van der Waals surface area contributed by atoms with E-state index in [0.29, 0.717) is 0 Å². The van der Waals surface area contributed by atoms with Gasteiger partial charge >= 0.3 is 0 Å². The number of rotatable bonds is 3. The third-order valence-electron chi connectivity index (χ3n) is 1.43. The summed E-state index contributed by atoms with van der Waals surface area (Å²) in [7, 11) is 0. The van der Waals surface area contributed by atoms with E-state index in [1.807, 2.05) is 22.6 Å². The first-order chi connectivity index (χ1) is 6.13. The molecule has 0 bridgehead atoms. The molecule has 0 spiro atoms. The fourth-order valence-corrected chi connectivity index (χ4v) is 1.20. The van der Waals surface area contributed by atoms with Crippen LogP contribution < -0.4 is 5.56 Å². The summed E-state index contributed by atoms with van der Waals surface area (Å²) in [4.78, 5) is 11.2. The Balaban J connectivity index is 2.84. The van der Waals surface area contributed by atoms with Crippen LogP contribution in [0.15, 0.2) is 17.1 Å². The molecule has 5 nitrogen and oxygen atoms in total. The second-order valence-electron chi connectivity index (χ2n) is 2.53. The Morgan fingerprint density at radius 1 is 1.69 bits per heavy atom. The summed E-state index contributed by atoms with van der Waals surface area (Å²) in [6, 6.07) is 1.41. The topological polar surface area (TPSA) is 75.4 Å². The van der Waals surface area contributed by atoms with Crippen molar-refractivity contribution in [3.05, 3.63) is 26.2 Å². The predicted octanol–water partition coefficient (Wildman–Crippen LogP) is -0.799. The molecule has 1 rings (SSSR count). The van der Waals surface area contributed by atoms with Crippen LogP contribution in [0.1, 0.15) is 0 Å². The number of hydrogen-bond donors (Lipinski definition) is 2. The zero-order valence-corrected chi connectivity index (χ0v) is 8.88. The molecule has 0 aliphatic rings. The van der Waals surface area contributed by atoms with Gasteiger partial charge < -0.3 is 10.2 Å². The maximum atomic E-state index is 11.2. The van der Waals surface area contributed by atoms with E-state index in [1.54, 1.807) is 0 Å². The van der Waals surface area contributed by atoms with Crippen LogP contribution in [0.25, 0.3) is 0 Å². The van der Waals surface area contributed by atoms with Gasteiger partial charge in [0.25, 0.3) is 5.56 Å². The van der Waals surface area contributed by atoms with Gasteiger partial charge in [-0.2, -0.15) is 5.10 Å². The van der Waals surface area contributed by atoms with Gasteiger partial charge in [-0.15, -0.1) is 0 Å². The first-order valence-corrected chi connectivity index (χ1v) is 4.73. The van der Waals surface area contributed by atoms with Crippen LogP contribution in [0.4, 0.5) is 0 Å². The molecule has 0 radical (unpaired) electrons. The third kappa shape index (κ3) is 3.05. The smallest absolute Gasteiger partial charge is 0.267 e. The molecule has 0 aliphatic heterocycles. The van der Waals surface area contributed by atoms with Gasteiger partial charge in [0.1, 0.15) is 0 Å². The van der Waals surface area contributed by atoms with Crippen LogP contribution in [0.2, 0.25) is 0 Å². The lowest BCUT2D eigenvalue weighted by molar-refractivity contribution is 0.0769. The molecule has 2 N–H and O–H groups in total. The molecule has 0 fully saturated rings. The number of hydrogen-bond acceptors (Lipinski definition) is 4. The molecular formula is C7H9IN2O3. The molecule has 6 heteroatoms. The lowest BCUT2D eigenvalue weighted by Gasteiger charge is -2.07. The van der Waals surface area contributed by atoms with E-state index in [4.69, 9.17) is 10.2 Å². The SMILES string of the molecule is O=c1cc(I)cnn1CC(O)CO. The van der Waals surface area contributed by atoms with Gasteiger partial charge in [-0.3, -0.25) is 4.79 Å². The van der Waals surface area contributed by atoms with E-state index < -0.39 is 6.10 Å². The standard InChI is InChI=1S/C7H9IN2O3/c8-5-1-7(13)10(9-2-5)3-6(12)4-11/h1-2,6,11-12H,3-4H2. The van der Waals surface area contributed by atoms with Gasteiger partial charge in [-0.05, 0) is 22.6 Å². The Labute approximate surface area is 88.2 Å². The van der Waals surface area contributed by atoms with Crippen LogP contribution in [0, 0.1) is 3.57 Å². The van der Waals surface area contributed by atoms with Crippen molar-refractivity contribution in [2.75, 3.05) is 6.61 Å². The highest BCUT2D eigenvalue weighted by Crippen LogP contribution is 1.96. The van der Waals surface area contributed by atoms with Crippen LogP contribution >= 0.6 is 22.6 Å². The summed E-state index contributed by atoms with van der Waals surface area (Å²) in [5.74, 6) is 0. The van der Waals surface area contributed by atoms with Crippen molar-refractivity contribution >= 4 is 22.6 Å². The number of aliphatic hydroxyl groups excluding tert-OH is 2. The van der Waals surface area contributed by atoms with Crippen molar-refractivity contribution < 1.29 is 10.2 Å². The fourth-order valence-electron chi connectivity index (χ4n) is 0.806. The van der Waals surface area contributed by atoms with Crippen molar-refractivity contribution in [2.24, 2.45) is 0 Å². The number of aliphatic hydroxyl groups is 2. The Morgan fingerprint density at radius 2 is 2.38 bits per heavy atom. The molecular weight excluding hydrogens is 287 g/mol. The van der Waals surface area contributed by atoms with Gasteiger partial charge in [-0.1, -0.05) is 0 Å². The van der Waals surface area contributed by atoms with E-state index in [1.165, 1.54) is 12.3 Å². The van der Waals surface area contributed by atoms with E-state index in [-0.39, 0.29) is 18.7 Å². The number of nitrogens with zero attached hydrogens (tertiary/aromatic N) is 2. The van der Waals surface area contributed by atoms with Crippen LogP contribution in [0.3, 0.4) is 0 Å². The van der Waals surface area contributed by atoms with Gasteiger partial charge in [0, 0.05) is 9.64 Å². The van der Waals surface area contributed by atoms with Gasteiger partial charge in [-0.25, -0.2) is 4.68 Å². The minimum absolute atomic E-state index is 0.0201. The maximum Gasteiger partial charge on any atom is 0.267 e. The lowest BCUT2D eigenvalue weighted by atomic mass is 10.4. The number of halogens is 1. The van der Waals surface area contributed by atoms with E-state index in [0.717, 1.165) is 8.25 Å². The highest BCUT2D eigenvalue weighted by Gasteiger charge is 2.05. The quantitative estimate of drug-likeness (QED) is 0.716. The average molecular weight is 296 g/mol. The molecule has 13 heavy (non-hydrogen) atoms.